The molecular weight excluding hydrogens is 284 g/mol. The number of nitrogens with one attached hydrogen (secondary N) is 1. The molecule has 0 aromatic heterocycles. The molecule has 3 nitrogen and oxygen atoms in total. The van der Waals surface area contributed by atoms with E-state index in [1.807, 2.05) is 30.3 Å². The lowest BCUT2D eigenvalue weighted by atomic mass is 10.2. The molecule has 0 radical (unpaired) electrons. The zero-order valence-corrected chi connectivity index (χ0v) is 12.2. The molecule has 0 fully saturated rings. The molecule has 21 heavy (non-hydrogen) atoms. The Morgan fingerprint density at radius 3 is 2.43 bits per heavy atom. The summed E-state index contributed by atoms with van der Waals surface area (Å²) in [6.07, 6.45) is 5.35. The number of urea groups is 1. The number of hydrogen-bond donors (Lipinski definition) is 1. The number of anilines is 1. The molecule has 2 aromatic rings. The van der Waals surface area contributed by atoms with Crippen LogP contribution in [-0.2, 0) is 6.54 Å². The van der Waals surface area contributed by atoms with Gasteiger partial charge in [0.2, 0.25) is 0 Å². The van der Waals surface area contributed by atoms with Gasteiger partial charge in [0.05, 0.1) is 6.54 Å². The van der Waals surface area contributed by atoms with Crippen LogP contribution in [0.3, 0.4) is 0 Å². The molecule has 0 aliphatic rings. The fourth-order valence-electron chi connectivity index (χ4n) is 1.85. The molecule has 2 amide bonds. The van der Waals surface area contributed by atoms with Crippen molar-refractivity contribution in [2.75, 3.05) is 11.9 Å². The average molecular weight is 299 g/mol. The third-order valence-corrected chi connectivity index (χ3v) is 3.13. The fraction of sp³-hybridized carbons (Fsp3) is 0.118. The summed E-state index contributed by atoms with van der Waals surface area (Å²) in [7, 11) is 0. The fourth-order valence-corrected chi connectivity index (χ4v) is 1.98. The molecule has 0 spiro atoms. The van der Waals surface area contributed by atoms with E-state index in [1.54, 1.807) is 29.2 Å². The minimum absolute atomic E-state index is 0.237. The lowest BCUT2D eigenvalue weighted by molar-refractivity contribution is 0.216. The van der Waals surface area contributed by atoms with Gasteiger partial charge in [-0.15, -0.1) is 6.42 Å². The SMILES string of the molecule is C#CCN(Cc1ccccc1)C(=O)Nc1ccc(Cl)cc1. The molecule has 0 aliphatic carbocycles. The molecular formula is C17H15ClN2O. The van der Waals surface area contributed by atoms with E-state index in [9.17, 15) is 4.79 Å². The van der Waals surface area contributed by atoms with Crippen molar-refractivity contribution in [2.45, 2.75) is 6.54 Å². The van der Waals surface area contributed by atoms with Gasteiger partial charge in [0.1, 0.15) is 0 Å². The van der Waals surface area contributed by atoms with Crippen molar-refractivity contribution in [3.63, 3.8) is 0 Å². The van der Waals surface area contributed by atoms with Gasteiger partial charge in [0.15, 0.2) is 0 Å². The van der Waals surface area contributed by atoms with E-state index in [1.165, 1.54) is 0 Å². The summed E-state index contributed by atoms with van der Waals surface area (Å²) < 4.78 is 0. The van der Waals surface area contributed by atoms with Gasteiger partial charge in [0.25, 0.3) is 0 Å². The molecule has 0 heterocycles. The van der Waals surface area contributed by atoms with E-state index in [-0.39, 0.29) is 12.6 Å². The Labute approximate surface area is 129 Å². The van der Waals surface area contributed by atoms with Crippen LogP contribution >= 0.6 is 11.6 Å². The minimum Gasteiger partial charge on any atom is -0.309 e. The highest BCUT2D eigenvalue weighted by atomic mass is 35.5. The van der Waals surface area contributed by atoms with E-state index in [2.05, 4.69) is 11.2 Å². The maximum Gasteiger partial charge on any atom is 0.322 e. The first kappa shape index (κ1) is 15.0. The summed E-state index contributed by atoms with van der Waals surface area (Å²) in [5.74, 6) is 2.51. The largest absolute Gasteiger partial charge is 0.322 e. The van der Waals surface area contributed by atoms with Crippen molar-refractivity contribution in [1.82, 2.24) is 4.90 Å². The molecule has 106 valence electrons. The Morgan fingerprint density at radius 2 is 1.81 bits per heavy atom. The van der Waals surface area contributed by atoms with Crippen LogP contribution in [0.15, 0.2) is 54.6 Å². The van der Waals surface area contributed by atoms with Gasteiger partial charge in [-0.05, 0) is 29.8 Å². The minimum atomic E-state index is -0.237. The number of nitrogens with zero attached hydrogens (tertiary/aromatic N) is 1. The predicted molar refractivity (Wildman–Crippen MR) is 86.2 cm³/mol. The van der Waals surface area contributed by atoms with Crippen LogP contribution in [-0.4, -0.2) is 17.5 Å². The Morgan fingerprint density at radius 1 is 1.14 bits per heavy atom. The van der Waals surface area contributed by atoms with Crippen LogP contribution in [0.4, 0.5) is 10.5 Å². The first-order chi connectivity index (χ1) is 10.2. The Kier molecular flexibility index (Phi) is 5.25. The number of rotatable bonds is 4. The molecule has 0 saturated carbocycles. The molecule has 0 bridgehead atoms. The second-order valence-electron chi connectivity index (χ2n) is 4.48. The van der Waals surface area contributed by atoms with Crippen LogP contribution in [0.25, 0.3) is 0 Å². The third-order valence-electron chi connectivity index (χ3n) is 2.88. The molecule has 2 aromatic carbocycles. The molecule has 0 unspecified atom stereocenters. The highest BCUT2D eigenvalue weighted by Gasteiger charge is 2.13. The topological polar surface area (TPSA) is 32.3 Å². The Bertz CT molecular complexity index is 632. The van der Waals surface area contributed by atoms with Crippen molar-refractivity contribution in [3.8, 4) is 12.3 Å². The highest BCUT2D eigenvalue weighted by molar-refractivity contribution is 6.30. The van der Waals surface area contributed by atoms with E-state index < -0.39 is 0 Å². The van der Waals surface area contributed by atoms with Gasteiger partial charge < -0.3 is 10.2 Å². The van der Waals surface area contributed by atoms with Crippen LogP contribution in [0.2, 0.25) is 5.02 Å². The Balaban J connectivity index is 2.05. The van der Waals surface area contributed by atoms with Gasteiger partial charge in [0, 0.05) is 17.3 Å². The lowest BCUT2D eigenvalue weighted by Crippen LogP contribution is -2.34. The van der Waals surface area contributed by atoms with Crippen molar-refractivity contribution >= 4 is 23.3 Å². The summed E-state index contributed by atoms with van der Waals surface area (Å²) in [4.78, 5) is 13.9. The van der Waals surface area contributed by atoms with Crippen molar-refractivity contribution in [1.29, 1.82) is 0 Å². The lowest BCUT2D eigenvalue weighted by Gasteiger charge is -2.21. The van der Waals surface area contributed by atoms with Crippen LogP contribution in [0.1, 0.15) is 5.56 Å². The molecule has 0 atom stereocenters. The van der Waals surface area contributed by atoms with Gasteiger partial charge in [-0.25, -0.2) is 4.79 Å². The van der Waals surface area contributed by atoms with Gasteiger partial charge in [-0.1, -0.05) is 47.9 Å². The second kappa shape index (κ2) is 7.37. The number of benzene rings is 2. The quantitative estimate of drug-likeness (QED) is 0.850. The predicted octanol–water partition coefficient (Wildman–Crippen LogP) is 4.01. The number of amides is 2. The second-order valence-corrected chi connectivity index (χ2v) is 4.92. The smallest absolute Gasteiger partial charge is 0.309 e. The van der Waals surface area contributed by atoms with Crippen LogP contribution in [0.5, 0.6) is 0 Å². The molecule has 0 saturated heterocycles. The number of halogens is 1. The number of carbonyl (C=O) groups is 1. The molecule has 1 N–H and O–H groups in total. The maximum atomic E-state index is 12.3. The van der Waals surface area contributed by atoms with E-state index in [4.69, 9.17) is 18.0 Å². The maximum absolute atomic E-state index is 12.3. The van der Waals surface area contributed by atoms with Gasteiger partial charge in [-0.3, -0.25) is 0 Å². The number of hydrogen-bond acceptors (Lipinski definition) is 1. The van der Waals surface area contributed by atoms with Crippen LogP contribution in [0, 0.1) is 12.3 Å². The zero-order chi connectivity index (χ0) is 15.1. The van der Waals surface area contributed by atoms with E-state index in [0.29, 0.717) is 17.3 Å². The van der Waals surface area contributed by atoms with Gasteiger partial charge >= 0.3 is 6.03 Å². The van der Waals surface area contributed by atoms with Crippen LogP contribution < -0.4 is 5.32 Å². The van der Waals surface area contributed by atoms with E-state index >= 15 is 0 Å². The van der Waals surface area contributed by atoms with Gasteiger partial charge in [-0.2, -0.15) is 0 Å². The summed E-state index contributed by atoms with van der Waals surface area (Å²) in [5, 5.41) is 3.43. The zero-order valence-electron chi connectivity index (χ0n) is 11.4. The monoisotopic (exact) mass is 298 g/mol. The van der Waals surface area contributed by atoms with Crippen molar-refractivity contribution < 1.29 is 4.79 Å². The normalized spacial score (nSPS) is 9.71. The summed E-state index contributed by atoms with van der Waals surface area (Å²) in [6, 6.07) is 16.4. The molecule has 0 aliphatic heterocycles. The molecule has 4 heteroatoms. The first-order valence-corrected chi connectivity index (χ1v) is 6.85. The Hall–Kier alpha value is -2.44. The summed E-state index contributed by atoms with van der Waals surface area (Å²) in [5.41, 5.74) is 1.71. The standard InChI is InChI=1S/C17H15ClN2O/c1-2-12-20(13-14-6-4-3-5-7-14)17(21)19-16-10-8-15(18)9-11-16/h1,3-11H,12-13H2,(H,19,21). The summed E-state index contributed by atoms with van der Waals surface area (Å²) >= 11 is 5.82. The van der Waals surface area contributed by atoms with Crippen molar-refractivity contribution in [2.24, 2.45) is 0 Å². The summed E-state index contributed by atoms with van der Waals surface area (Å²) in [6.45, 7) is 0.707. The number of terminal acetylenes is 1. The highest BCUT2D eigenvalue weighted by Crippen LogP contribution is 2.14. The van der Waals surface area contributed by atoms with E-state index in [0.717, 1.165) is 5.56 Å². The average Bonchev–Trinajstić information content (AvgIpc) is 2.50. The molecule has 2 rings (SSSR count). The third kappa shape index (κ3) is 4.55. The first-order valence-electron chi connectivity index (χ1n) is 6.48. The van der Waals surface area contributed by atoms with Crippen molar-refractivity contribution in [3.05, 3.63) is 65.2 Å². The number of carbonyl (C=O) groups excluding carboxylic acids is 1.